The van der Waals surface area contributed by atoms with E-state index in [-0.39, 0.29) is 24.6 Å². The molecule has 9 heteroatoms. The third-order valence-corrected chi connectivity index (χ3v) is 6.99. The van der Waals surface area contributed by atoms with E-state index in [9.17, 15) is 17.6 Å². The number of β-amino-alcohol motifs (C(OH)–C–C–N with tert-alkyl or cyclic N) is 1. The van der Waals surface area contributed by atoms with Gasteiger partial charge in [-0.05, 0) is 62.2 Å². The number of aliphatic hydroxyl groups is 1. The normalized spacial score (nSPS) is 15.9. The molecule has 0 saturated heterocycles. The fraction of sp³-hybridized carbons (Fsp3) is 0.318. The summed E-state index contributed by atoms with van der Waals surface area (Å²) in [6, 6.07) is 9.11. The van der Waals surface area contributed by atoms with Gasteiger partial charge in [-0.15, -0.1) is 0 Å². The molecule has 0 unspecified atom stereocenters. The smallest absolute Gasteiger partial charge is 0.419 e. The van der Waals surface area contributed by atoms with Crippen molar-refractivity contribution >= 4 is 27.0 Å². The topological polar surface area (TPSA) is 88.8 Å². The summed E-state index contributed by atoms with van der Waals surface area (Å²) in [6.07, 6.45) is 0.946. The summed E-state index contributed by atoms with van der Waals surface area (Å²) < 4.78 is 47.1. The van der Waals surface area contributed by atoms with Crippen molar-refractivity contribution < 1.29 is 27.4 Å². The van der Waals surface area contributed by atoms with Gasteiger partial charge in [0.1, 0.15) is 11.4 Å². The third-order valence-electron chi connectivity index (χ3n) is 5.04. The number of aliphatic hydroxyl groups excluding tert-OH is 1. The van der Waals surface area contributed by atoms with Crippen LogP contribution in [0.25, 0.3) is 22.0 Å². The number of carbonyl (C=O) groups excluding carboxylic acids is 1. The van der Waals surface area contributed by atoms with Gasteiger partial charge in [0.15, 0.2) is 0 Å². The number of sulfonamides is 1. The van der Waals surface area contributed by atoms with Crippen molar-refractivity contribution in [3.8, 4) is 11.1 Å². The lowest BCUT2D eigenvalue weighted by atomic mass is 10.0. The first kappa shape index (κ1) is 21.5. The molecule has 0 fully saturated rings. The zero-order chi connectivity index (χ0) is 22.6. The number of rotatable bonds is 3. The Balaban J connectivity index is 1.83. The highest BCUT2D eigenvalue weighted by atomic mass is 32.2. The van der Waals surface area contributed by atoms with Gasteiger partial charge in [0, 0.05) is 30.2 Å². The van der Waals surface area contributed by atoms with Gasteiger partial charge in [-0.2, -0.15) is 4.31 Å². The second-order valence-corrected chi connectivity index (χ2v) is 10.3. The maximum absolute atomic E-state index is 14.0. The predicted molar refractivity (Wildman–Crippen MR) is 114 cm³/mol. The molecule has 1 aromatic heterocycles. The van der Waals surface area contributed by atoms with E-state index in [0.717, 1.165) is 0 Å². The number of hydrogen-bond acceptors (Lipinski definition) is 5. The maximum atomic E-state index is 14.0. The predicted octanol–water partition coefficient (Wildman–Crippen LogP) is 3.73. The van der Waals surface area contributed by atoms with Crippen LogP contribution in [-0.4, -0.2) is 47.2 Å². The van der Waals surface area contributed by atoms with E-state index >= 15 is 0 Å². The number of fused-ring (bicyclic) bond motifs is 2. The zero-order valence-electron chi connectivity index (χ0n) is 17.4. The van der Waals surface area contributed by atoms with Crippen molar-refractivity contribution in [2.24, 2.45) is 0 Å². The molecule has 1 aliphatic heterocycles. The number of hydrogen-bond donors (Lipinski definition) is 1. The quantitative estimate of drug-likeness (QED) is 0.662. The zero-order valence-corrected chi connectivity index (χ0v) is 18.2. The van der Waals surface area contributed by atoms with E-state index in [1.165, 1.54) is 27.1 Å². The van der Waals surface area contributed by atoms with Crippen LogP contribution in [-0.2, 0) is 21.3 Å². The van der Waals surface area contributed by atoms with Crippen LogP contribution >= 0.6 is 0 Å². The lowest BCUT2D eigenvalue weighted by molar-refractivity contribution is 0.0544. The Morgan fingerprint density at radius 2 is 1.94 bits per heavy atom. The number of halogens is 1. The lowest BCUT2D eigenvalue weighted by Gasteiger charge is -2.19. The molecule has 0 aliphatic carbocycles. The number of ether oxygens (including phenoxy) is 1. The Labute approximate surface area is 179 Å². The van der Waals surface area contributed by atoms with E-state index in [2.05, 4.69) is 0 Å². The number of nitrogens with zero attached hydrogens (tertiary/aromatic N) is 2. The molecule has 3 aromatic rings. The molecule has 4 rings (SSSR count). The Morgan fingerprint density at radius 1 is 1.19 bits per heavy atom. The van der Waals surface area contributed by atoms with Crippen LogP contribution in [0.3, 0.4) is 0 Å². The molecule has 2 aromatic carbocycles. The SMILES string of the molecule is CC(C)(C)OC(=O)n1cc(-c2ccc3c(c2)CN(CCO)S3(=O)=O)c2ccc(F)cc21. The summed E-state index contributed by atoms with van der Waals surface area (Å²) in [6.45, 7) is 5.15. The van der Waals surface area contributed by atoms with Gasteiger partial charge in [0.05, 0.1) is 17.0 Å². The van der Waals surface area contributed by atoms with Gasteiger partial charge in [-0.25, -0.2) is 17.6 Å². The second-order valence-electron chi connectivity index (χ2n) is 8.44. The van der Waals surface area contributed by atoms with Gasteiger partial charge < -0.3 is 9.84 Å². The minimum atomic E-state index is -3.64. The van der Waals surface area contributed by atoms with Gasteiger partial charge in [-0.3, -0.25) is 4.57 Å². The summed E-state index contributed by atoms with van der Waals surface area (Å²) in [5.41, 5.74) is 1.59. The first-order valence-electron chi connectivity index (χ1n) is 9.79. The van der Waals surface area contributed by atoms with E-state index in [4.69, 9.17) is 9.84 Å². The molecule has 0 amide bonds. The van der Waals surface area contributed by atoms with Crippen molar-refractivity contribution in [2.45, 2.75) is 37.8 Å². The average Bonchev–Trinajstić information content (AvgIpc) is 3.15. The highest BCUT2D eigenvalue weighted by molar-refractivity contribution is 7.89. The van der Waals surface area contributed by atoms with Crippen molar-refractivity contribution in [3.63, 3.8) is 0 Å². The standard InChI is InChI=1S/C22H23FN2O5S/c1-22(2,3)30-21(27)25-13-18(17-6-5-16(23)11-19(17)25)14-4-7-20-15(10-14)12-24(8-9-26)31(20,28)29/h4-7,10-11,13,26H,8-9,12H2,1-3H3. The molecule has 1 aliphatic rings. The molecule has 164 valence electrons. The van der Waals surface area contributed by atoms with Crippen LogP contribution in [0.4, 0.5) is 9.18 Å². The van der Waals surface area contributed by atoms with Crippen LogP contribution in [0.15, 0.2) is 47.5 Å². The van der Waals surface area contributed by atoms with Gasteiger partial charge in [-0.1, -0.05) is 6.07 Å². The van der Waals surface area contributed by atoms with Gasteiger partial charge in [0.25, 0.3) is 0 Å². The Bertz CT molecular complexity index is 1290. The monoisotopic (exact) mass is 446 g/mol. The Kier molecular flexibility index (Phi) is 5.15. The highest BCUT2D eigenvalue weighted by Crippen LogP contribution is 2.37. The van der Waals surface area contributed by atoms with E-state index in [1.807, 2.05) is 0 Å². The molecule has 1 N–H and O–H groups in total. The van der Waals surface area contributed by atoms with E-state index in [1.54, 1.807) is 45.2 Å². The first-order valence-corrected chi connectivity index (χ1v) is 11.2. The molecular formula is C22H23FN2O5S. The molecule has 0 bridgehead atoms. The minimum absolute atomic E-state index is 0.0174. The second kappa shape index (κ2) is 7.44. The average molecular weight is 447 g/mol. The molecule has 0 spiro atoms. The molecule has 0 saturated carbocycles. The molecule has 7 nitrogen and oxygen atoms in total. The van der Waals surface area contributed by atoms with Gasteiger partial charge >= 0.3 is 6.09 Å². The summed E-state index contributed by atoms with van der Waals surface area (Å²) in [7, 11) is -3.64. The van der Waals surface area contributed by atoms with Crippen molar-refractivity contribution in [1.82, 2.24) is 8.87 Å². The summed E-state index contributed by atoms with van der Waals surface area (Å²) >= 11 is 0. The molecule has 31 heavy (non-hydrogen) atoms. The van der Waals surface area contributed by atoms with Crippen molar-refractivity contribution in [2.75, 3.05) is 13.2 Å². The van der Waals surface area contributed by atoms with Crippen LogP contribution in [0.1, 0.15) is 26.3 Å². The van der Waals surface area contributed by atoms with E-state index in [0.29, 0.717) is 27.6 Å². The summed E-state index contributed by atoms with van der Waals surface area (Å²) in [5.74, 6) is -0.485. The molecular weight excluding hydrogens is 423 g/mol. The summed E-state index contributed by atoms with van der Waals surface area (Å²) in [4.78, 5) is 12.9. The van der Waals surface area contributed by atoms with Crippen molar-refractivity contribution in [3.05, 3.63) is 54.0 Å². The highest BCUT2D eigenvalue weighted by Gasteiger charge is 2.34. The van der Waals surface area contributed by atoms with Crippen LogP contribution in [0, 0.1) is 5.82 Å². The number of carbonyl (C=O) groups is 1. The molecule has 0 atom stereocenters. The minimum Gasteiger partial charge on any atom is -0.443 e. The van der Waals surface area contributed by atoms with Crippen molar-refractivity contribution in [1.29, 1.82) is 0 Å². The van der Waals surface area contributed by atoms with Crippen LogP contribution in [0.2, 0.25) is 0 Å². The molecule has 0 radical (unpaired) electrons. The first-order chi connectivity index (χ1) is 14.5. The number of aromatic nitrogens is 1. The number of benzene rings is 2. The Hall–Kier alpha value is -2.75. The lowest BCUT2D eigenvalue weighted by Crippen LogP contribution is -2.27. The van der Waals surface area contributed by atoms with Gasteiger partial charge in [0.2, 0.25) is 10.0 Å². The largest absolute Gasteiger partial charge is 0.443 e. The fourth-order valence-corrected chi connectivity index (χ4v) is 5.34. The maximum Gasteiger partial charge on any atom is 0.419 e. The summed E-state index contributed by atoms with van der Waals surface area (Å²) in [5, 5.41) is 9.80. The Morgan fingerprint density at radius 3 is 2.61 bits per heavy atom. The fourth-order valence-electron chi connectivity index (χ4n) is 3.74. The van der Waals surface area contributed by atoms with Crippen LogP contribution in [0.5, 0.6) is 0 Å². The van der Waals surface area contributed by atoms with Crippen LogP contribution < -0.4 is 0 Å². The van der Waals surface area contributed by atoms with E-state index < -0.39 is 27.5 Å². The third kappa shape index (κ3) is 3.84. The molecule has 2 heterocycles.